The molecule has 0 atom stereocenters. The zero-order valence-corrected chi connectivity index (χ0v) is 9.30. The second-order valence-corrected chi connectivity index (χ2v) is 4.50. The lowest BCUT2D eigenvalue weighted by Crippen LogP contribution is -2.33. The van der Waals surface area contributed by atoms with Crippen LogP contribution in [-0.4, -0.2) is 9.97 Å². The van der Waals surface area contributed by atoms with Crippen molar-refractivity contribution in [1.82, 2.24) is 9.97 Å². The lowest BCUT2D eigenvalue weighted by atomic mass is 9.85. The Morgan fingerprint density at radius 3 is 2.53 bits per heavy atom. The molecule has 0 radical (unpaired) electrons. The smallest absolute Gasteiger partial charge is 0.314 e. The molecule has 0 aliphatic heterocycles. The van der Waals surface area contributed by atoms with E-state index in [2.05, 4.69) is 9.97 Å². The Morgan fingerprint density at radius 1 is 1.00 bits per heavy atom. The molecule has 0 amide bonds. The van der Waals surface area contributed by atoms with Crippen LogP contribution < -0.4 is 16.9 Å². The topological polar surface area (TPSA) is 91.7 Å². The summed E-state index contributed by atoms with van der Waals surface area (Å²) in [5, 5.41) is 0. The van der Waals surface area contributed by atoms with Gasteiger partial charge in [-0.2, -0.15) is 0 Å². The zero-order valence-electron chi connectivity index (χ0n) is 9.30. The van der Waals surface area contributed by atoms with E-state index < -0.39 is 11.1 Å². The summed E-state index contributed by atoms with van der Waals surface area (Å²) < 4.78 is 0. The quantitative estimate of drug-likeness (QED) is 0.564. The molecule has 0 saturated heterocycles. The number of aromatic nitrogens is 2. The molecule has 2 aliphatic rings. The summed E-state index contributed by atoms with van der Waals surface area (Å²) in [6.07, 6.45) is 5.42. The minimum atomic E-state index is -0.602. The van der Waals surface area contributed by atoms with E-state index in [9.17, 15) is 9.59 Å². The van der Waals surface area contributed by atoms with Gasteiger partial charge < -0.3 is 15.7 Å². The van der Waals surface area contributed by atoms with Crippen LogP contribution in [0.1, 0.15) is 30.7 Å². The highest BCUT2D eigenvalue weighted by atomic mass is 16.2. The van der Waals surface area contributed by atoms with Crippen LogP contribution in [0.4, 0.5) is 0 Å². The van der Waals surface area contributed by atoms with Crippen LogP contribution in [0.15, 0.2) is 26.9 Å². The highest BCUT2D eigenvalue weighted by Gasteiger charge is 2.22. The maximum absolute atomic E-state index is 11.4. The molecule has 0 saturated carbocycles. The monoisotopic (exact) mass is 231 g/mol. The third kappa shape index (κ3) is 1.54. The number of nitrogens with one attached hydrogen (secondary N) is 2. The Balaban J connectivity index is 2.26. The first-order chi connectivity index (χ1) is 8.15. The predicted molar refractivity (Wildman–Crippen MR) is 64.4 cm³/mol. The van der Waals surface area contributed by atoms with Gasteiger partial charge in [-0.25, -0.2) is 0 Å². The molecule has 0 spiro atoms. The standard InChI is InChI=1S/C12H13N3O2/c13-7-3-1-6-2-4-9-10(8(6)5-7)15-12(17)11(16)14-9/h5H,1-4,13H2,(H,14,16)(H,15,17). The number of allylic oxidation sites excluding steroid dienone is 4. The molecule has 3 rings (SSSR count). The molecule has 0 fully saturated rings. The van der Waals surface area contributed by atoms with Gasteiger partial charge in [-0.3, -0.25) is 9.59 Å². The van der Waals surface area contributed by atoms with E-state index in [1.54, 1.807) is 0 Å². The Bertz CT molecular complexity index is 661. The lowest BCUT2D eigenvalue weighted by molar-refractivity contribution is 0.768. The predicted octanol–water partition coefficient (Wildman–Crippen LogP) is 0.399. The molecule has 0 aromatic carbocycles. The van der Waals surface area contributed by atoms with Crippen LogP contribution in [0.5, 0.6) is 0 Å². The van der Waals surface area contributed by atoms with E-state index in [0.29, 0.717) is 0 Å². The van der Waals surface area contributed by atoms with E-state index in [1.165, 1.54) is 5.57 Å². The molecule has 0 bridgehead atoms. The second kappa shape index (κ2) is 3.48. The Morgan fingerprint density at radius 2 is 1.71 bits per heavy atom. The first-order valence-electron chi connectivity index (χ1n) is 5.69. The van der Waals surface area contributed by atoms with Gasteiger partial charge in [0, 0.05) is 17.0 Å². The number of fused-ring (bicyclic) bond motifs is 2. The highest BCUT2D eigenvalue weighted by molar-refractivity contribution is 5.78. The molecular formula is C12H13N3O2. The largest absolute Gasteiger partial charge is 0.402 e. The average molecular weight is 231 g/mol. The molecule has 1 aromatic rings. The van der Waals surface area contributed by atoms with Crippen LogP contribution in [0.2, 0.25) is 0 Å². The van der Waals surface area contributed by atoms with E-state index in [-0.39, 0.29) is 0 Å². The number of rotatable bonds is 0. The van der Waals surface area contributed by atoms with Gasteiger partial charge in [-0.05, 0) is 31.8 Å². The van der Waals surface area contributed by atoms with Gasteiger partial charge in [0.15, 0.2) is 0 Å². The normalized spacial score (nSPS) is 18.5. The van der Waals surface area contributed by atoms with Crippen molar-refractivity contribution in [3.63, 3.8) is 0 Å². The fraction of sp³-hybridized carbons (Fsp3) is 0.333. The van der Waals surface area contributed by atoms with Crippen molar-refractivity contribution in [3.8, 4) is 0 Å². The third-order valence-corrected chi connectivity index (χ3v) is 3.38. The molecule has 0 unspecified atom stereocenters. The molecule has 17 heavy (non-hydrogen) atoms. The molecule has 4 N–H and O–H groups in total. The minimum absolute atomic E-state index is 0.583. The summed E-state index contributed by atoms with van der Waals surface area (Å²) in [5.41, 5.74) is 9.31. The van der Waals surface area contributed by atoms with Gasteiger partial charge in [0.25, 0.3) is 0 Å². The molecule has 1 aromatic heterocycles. The fourth-order valence-electron chi connectivity index (χ4n) is 2.49. The van der Waals surface area contributed by atoms with Gasteiger partial charge in [-0.1, -0.05) is 5.57 Å². The Kier molecular flexibility index (Phi) is 2.07. The maximum atomic E-state index is 11.4. The SMILES string of the molecule is NC1=CC2=C(CC1)CCc1[nH]c(=O)c(=O)[nH]c12. The van der Waals surface area contributed by atoms with Crippen LogP contribution in [0.3, 0.4) is 0 Å². The van der Waals surface area contributed by atoms with Crippen molar-refractivity contribution in [1.29, 1.82) is 0 Å². The van der Waals surface area contributed by atoms with Crippen LogP contribution in [-0.2, 0) is 6.42 Å². The highest BCUT2D eigenvalue weighted by Crippen LogP contribution is 2.35. The summed E-state index contributed by atoms with van der Waals surface area (Å²) in [7, 11) is 0. The van der Waals surface area contributed by atoms with Crippen LogP contribution in [0, 0.1) is 0 Å². The second-order valence-electron chi connectivity index (χ2n) is 4.50. The van der Waals surface area contributed by atoms with E-state index in [1.807, 2.05) is 6.08 Å². The summed E-state index contributed by atoms with van der Waals surface area (Å²) in [4.78, 5) is 27.9. The van der Waals surface area contributed by atoms with Gasteiger partial charge in [0.05, 0.1) is 5.69 Å². The summed E-state index contributed by atoms with van der Waals surface area (Å²) in [6.45, 7) is 0. The summed E-state index contributed by atoms with van der Waals surface area (Å²) >= 11 is 0. The fourth-order valence-corrected chi connectivity index (χ4v) is 2.49. The first-order valence-corrected chi connectivity index (χ1v) is 5.69. The van der Waals surface area contributed by atoms with Gasteiger partial charge in [0.1, 0.15) is 0 Å². The first kappa shape index (κ1) is 10.1. The molecule has 5 nitrogen and oxygen atoms in total. The van der Waals surface area contributed by atoms with Crippen molar-refractivity contribution in [2.75, 3.05) is 0 Å². The van der Waals surface area contributed by atoms with Gasteiger partial charge in [0.2, 0.25) is 0 Å². The zero-order chi connectivity index (χ0) is 12.0. The van der Waals surface area contributed by atoms with Crippen molar-refractivity contribution < 1.29 is 0 Å². The van der Waals surface area contributed by atoms with Crippen molar-refractivity contribution >= 4 is 5.57 Å². The van der Waals surface area contributed by atoms with E-state index in [4.69, 9.17) is 5.73 Å². The van der Waals surface area contributed by atoms with Crippen molar-refractivity contribution in [3.05, 3.63) is 49.4 Å². The Labute approximate surface area is 97.1 Å². The molecule has 5 heteroatoms. The average Bonchev–Trinajstić information content (AvgIpc) is 2.31. The van der Waals surface area contributed by atoms with Crippen LogP contribution in [0.25, 0.3) is 5.57 Å². The Hall–Kier alpha value is -2.04. The minimum Gasteiger partial charge on any atom is -0.402 e. The van der Waals surface area contributed by atoms with Gasteiger partial charge >= 0.3 is 11.1 Å². The number of aromatic amines is 2. The van der Waals surface area contributed by atoms with E-state index in [0.717, 1.165) is 48.3 Å². The van der Waals surface area contributed by atoms with Crippen molar-refractivity contribution in [2.24, 2.45) is 5.73 Å². The number of H-pyrrole nitrogens is 2. The number of hydrogen-bond acceptors (Lipinski definition) is 3. The van der Waals surface area contributed by atoms with Gasteiger partial charge in [-0.15, -0.1) is 0 Å². The molecule has 1 heterocycles. The number of nitrogens with two attached hydrogens (primary N) is 1. The molecular weight excluding hydrogens is 218 g/mol. The molecule has 88 valence electrons. The van der Waals surface area contributed by atoms with E-state index >= 15 is 0 Å². The molecule has 2 aliphatic carbocycles. The third-order valence-electron chi connectivity index (χ3n) is 3.38. The number of aryl methyl sites for hydroxylation is 1. The summed E-state index contributed by atoms with van der Waals surface area (Å²) in [6, 6.07) is 0. The van der Waals surface area contributed by atoms with Crippen LogP contribution >= 0.6 is 0 Å². The summed E-state index contributed by atoms with van der Waals surface area (Å²) in [5.74, 6) is 0. The van der Waals surface area contributed by atoms with Crippen molar-refractivity contribution in [2.45, 2.75) is 25.7 Å². The maximum Gasteiger partial charge on any atom is 0.314 e. The lowest BCUT2D eigenvalue weighted by Gasteiger charge is -2.24. The number of hydrogen-bond donors (Lipinski definition) is 3.